The van der Waals surface area contributed by atoms with Crippen LogP contribution < -0.4 is 10.6 Å². The van der Waals surface area contributed by atoms with Crippen LogP contribution in [-0.2, 0) is 4.79 Å². The number of urea groups is 1. The van der Waals surface area contributed by atoms with Gasteiger partial charge in [-0.25, -0.2) is 14.0 Å². The second kappa shape index (κ2) is 6.21. The zero-order valence-corrected chi connectivity index (χ0v) is 11.1. The predicted molar refractivity (Wildman–Crippen MR) is 71.6 cm³/mol. The topological polar surface area (TPSA) is 98.7 Å². The zero-order valence-electron chi connectivity index (χ0n) is 11.1. The second-order valence-electron chi connectivity index (χ2n) is 4.55. The molecule has 21 heavy (non-hydrogen) atoms. The minimum Gasteiger partial charge on any atom is -0.478 e. The van der Waals surface area contributed by atoms with Gasteiger partial charge in [-0.15, -0.1) is 0 Å². The molecule has 0 atom stereocenters. The number of halogens is 1. The van der Waals surface area contributed by atoms with Gasteiger partial charge in [0.05, 0.1) is 11.3 Å². The van der Waals surface area contributed by atoms with Crippen molar-refractivity contribution >= 4 is 23.6 Å². The highest BCUT2D eigenvalue weighted by Crippen LogP contribution is 2.18. The van der Waals surface area contributed by atoms with Crippen LogP contribution >= 0.6 is 0 Å². The molecule has 1 aliphatic heterocycles. The summed E-state index contributed by atoms with van der Waals surface area (Å²) in [6.07, 6.45) is 0.591. The number of amides is 3. The van der Waals surface area contributed by atoms with E-state index in [0.29, 0.717) is 19.5 Å². The van der Waals surface area contributed by atoms with E-state index in [-0.39, 0.29) is 23.7 Å². The molecule has 3 N–H and O–H groups in total. The van der Waals surface area contributed by atoms with Crippen LogP contribution in [0.2, 0.25) is 0 Å². The number of hydrogen-bond donors (Lipinski definition) is 3. The summed E-state index contributed by atoms with van der Waals surface area (Å²) in [5.41, 5.74) is -0.360. The van der Waals surface area contributed by atoms with E-state index in [0.717, 1.165) is 18.2 Å². The summed E-state index contributed by atoms with van der Waals surface area (Å²) in [5.74, 6) is -2.23. The fourth-order valence-electron chi connectivity index (χ4n) is 1.98. The van der Waals surface area contributed by atoms with E-state index in [1.54, 1.807) is 0 Å². The number of anilines is 1. The molecule has 0 spiro atoms. The van der Waals surface area contributed by atoms with Crippen LogP contribution in [0.1, 0.15) is 16.8 Å². The molecule has 112 valence electrons. The minimum absolute atomic E-state index is 0.121. The van der Waals surface area contributed by atoms with E-state index in [9.17, 15) is 18.8 Å². The number of carboxylic acid groups (broad SMARTS) is 1. The Balaban J connectivity index is 2.17. The number of carbonyl (C=O) groups excluding carboxylic acids is 2. The van der Waals surface area contributed by atoms with Gasteiger partial charge in [-0.05, 0) is 24.6 Å². The van der Waals surface area contributed by atoms with Crippen LogP contribution in [0.5, 0.6) is 0 Å². The molecular weight excluding hydrogens is 281 g/mol. The number of carbonyl (C=O) groups is 3. The Morgan fingerprint density at radius 2 is 2.14 bits per heavy atom. The highest BCUT2D eigenvalue weighted by Gasteiger charge is 2.21. The van der Waals surface area contributed by atoms with Gasteiger partial charge in [0, 0.05) is 13.1 Å². The number of benzene rings is 1. The summed E-state index contributed by atoms with van der Waals surface area (Å²) >= 11 is 0. The third-order valence-corrected chi connectivity index (χ3v) is 3.00. The summed E-state index contributed by atoms with van der Waals surface area (Å²) in [7, 11) is 0. The molecule has 0 unspecified atom stereocenters. The molecule has 0 saturated carbocycles. The van der Waals surface area contributed by atoms with Gasteiger partial charge in [0.25, 0.3) is 0 Å². The van der Waals surface area contributed by atoms with Crippen molar-refractivity contribution in [2.75, 3.05) is 25.0 Å². The first-order valence-corrected chi connectivity index (χ1v) is 6.33. The number of rotatable bonds is 2. The lowest BCUT2D eigenvalue weighted by molar-refractivity contribution is -0.120. The van der Waals surface area contributed by atoms with E-state index in [4.69, 9.17) is 5.11 Å². The summed E-state index contributed by atoms with van der Waals surface area (Å²) in [6.45, 7) is 0.703. The van der Waals surface area contributed by atoms with Crippen molar-refractivity contribution in [1.29, 1.82) is 0 Å². The fourth-order valence-corrected chi connectivity index (χ4v) is 1.98. The monoisotopic (exact) mass is 295 g/mol. The van der Waals surface area contributed by atoms with Crippen LogP contribution in [0, 0.1) is 5.82 Å². The molecule has 2 rings (SSSR count). The maximum Gasteiger partial charge on any atom is 0.337 e. The lowest BCUT2D eigenvalue weighted by atomic mass is 10.1. The largest absolute Gasteiger partial charge is 0.478 e. The van der Waals surface area contributed by atoms with Gasteiger partial charge in [0.1, 0.15) is 12.4 Å². The van der Waals surface area contributed by atoms with Crippen LogP contribution in [0.15, 0.2) is 18.2 Å². The molecular formula is C13H14FN3O4. The van der Waals surface area contributed by atoms with Crippen LogP contribution in [0.4, 0.5) is 14.9 Å². The van der Waals surface area contributed by atoms with Gasteiger partial charge in [0.2, 0.25) is 5.91 Å². The average molecular weight is 295 g/mol. The fraction of sp³-hybridized carbons (Fsp3) is 0.308. The number of nitrogens with one attached hydrogen (secondary N) is 2. The second-order valence-corrected chi connectivity index (χ2v) is 4.55. The minimum atomic E-state index is -1.28. The molecule has 1 aliphatic rings. The molecule has 0 aromatic heterocycles. The number of hydrogen-bond acceptors (Lipinski definition) is 3. The SMILES string of the molecule is O=C1CN(C(=O)Nc2cc(F)ccc2C(=O)O)CCCN1. The first-order valence-electron chi connectivity index (χ1n) is 6.33. The molecule has 1 fully saturated rings. The summed E-state index contributed by atoms with van der Waals surface area (Å²) in [5, 5.41) is 14.0. The Labute approximate surface area is 119 Å². The Morgan fingerprint density at radius 3 is 2.86 bits per heavy atom. The first-order chi connectivity index (χ1) is 9.97. The van der Waals surface area contributed by atoms with Gasteiger partial charge >= 0.3 is 12.0 Å². The van der Waals surface area contributed by atoms with Gasteiger partial charge < -0.3 is 20.6 Å². The number of nitrogens with zero attached hydrogens (tertiary/aromatic N) is 1. The van der Waals surface area contributed by atoms with Crippen molar-refractivity contribution in [2.24, 2.45) is 0 Å². The van der Waals surface area contributed by atoms with E-state index >= 15 is 0 Å². The highest BCUT2D eigenvalue weighted by molar-refractivity contribution is 6.00. The van der Waals surface area contributed by atoms with Crippen molar-refractivity contribution in [2.45, 2.75) is 6.42 Å². The van der Waals surface area contributed by atoms with E-state index in [1.807, 2.05) is 0 Å². The third kappa shape index (κ3) is 3.68. The summed E-state index contributed by atoms with van der Waals surface area (Å²) in [4.78, 5) is 35.8. The van der Waals surface area contributed by atoms with Gasteiger partial charge in [-0.2, -0.15) is 0 Å². The quantitative estimate of drug-likeness (QED) is 0.754. The van der Waals surface area contributed by atoms with Gasteiger partial charge in [0.15, 0.2) is 0 Å². The highest BCUT2D eigenvalue weighted by atomic mass is 19.1. The van der Waals surface area contributed by atoms with E-state index < -0.39 is 17.8 Å². The summed E-state index contributed by atoms with van der Waals surface area (Å²) in [6, 6.07) is 2.36. The normalized spacial score (nSPS) is 15.1. The lowest BCUT2D eigenvalue weighted by Gasteiger charge is -2.20. The smallest absolute Gasteiger partial charge is 0.337 e. The average Bonchev–Trinajstić information content (AvgIpc) is 2.63. The summed E-state index contributed by atoms with van der Waals surface area (Å²) < 4.78 is 13.2. The van der Waals surface area contributed by atoms with Crippen molar-refractivity contribution in [3.05, 3.63) is 29.6 Å². The van der Waals surface area contributed by atoms with Crippen LogP contribution in [0.3, 0.4) is 0 Å². The Morgan fingerprint density at radius 1 is 1.38 bits per heavy atom. The van der Waals surface area contributed by atoms with Crippen molar-refractivity contribution in [3.8, 4) is 0 Å². The molecule has 1 aromatic carbocycles. The van der Waals surface area contributed by atoms with E-state index in [1.165, 1.54) is 4.90 Å². The molecule has 0 bridgehead atoms. The zero-order chi connectivity index (χ0) is 15.4. The van der Waals surface area contributed by atoms with Crippen molar-refractivity contribution < 1.29 is 23.9 Å². The first kappa shape index (κ1) is 14.8. The third-order valence-electron chi connectivity index (χ3n) is 3.00. The van der Waals surface area contributed by atoms with Gasteiger partial charge in [-0.3, -0.25) is 4.79 Å². The Hall–Kier alpha value is -2.64. The van der Waals surface area contributed by atoms with E-state index in [2.05, 4.69) is 10.6 Å². The molecule has 0 radical (unpaired) electrons. The van der Waals surface area contributed by atoms with Crippen LogP contribution in [0.25, 0.3) is 0 Å². The van der Waals surface area contributed by atoms with Crippen LogP contribution in [-0.4, -0.2) is 47.5 Å². The molecule has 1 saturated heterocycles. The van der Waals surface area contributed by atoms with Crippen molar-refractivity contribution in [1.82, 2.24) is 10.2 Å². The molecule has 7 nitrogen and oxygen atoms in total. The molecule has 3 amide bonds. The molecule has 8 heteroatoms. The molecule has 0 aliphatic carbocycles. The lowest BCUT2D eigenvalue weighted by Crippen LogP contribution is -2.40. The number of carboxylic acids is 1. The number of aromatic carboxylic acids is 1. The molecule has 1 heterocycles. The standard InChI is InChI=1S/C13H14FN3O4/c14-8-2-3-9(12(19)20)10(6-8)16-13(21)17-5-1-4-15-11(18)7-17/h2-3,6H,1,4-5,7H2,(H,15,18)(H,16,21)(H,19,20). The Bertz CT molecular complexity index is 591. The van der Waals surface area contributed by atoms with Gasteiger partial charge in [-0.1, -0.05) is 0 Å². The van der Waals surface area contributed by atoms with Crippen molar-refractivity contribution in [3.63, 3.8) is 0 Å². The maximum absolute atomic E-state index is 13.2. The predicted octanol–water partition coefficient (Wildman–Crippen LogP) is 0.878. The Kier molecular flexibility index (Phi) is 4.36. The maximum atomic E-state index is 13.2. The molecule has 1 aromatic rings.